The molecule has 0 spiro atoms. The highest BCUT2D eigenvalue weighted by Gasteiger charge is 2.17. The van der Waals surface area contributed by atoms with Crippen LogP contribution in [0.1, 0.15) is 37.3 Å². The van der Waals surface area contributed by atoms with Crippen molar-refractivity contribution in [1.82, 2.24) is 0 Å². The molecule has 0 radical (unpaired) electrons. The Morgan fingerprint density at radius 1 is 1.33 bits per heavy atom. The van der Waals surface area contributed by atoms with Crippen LogP contribution in [0.2, 0.25) is 0 Å². The molecule has 0 unspecified atom stereocenters. The van der Waals surface area contributed by atoms with Crippen molar-refractivity contribution in [3.8, 4) is 0 Å². The Bertz CT molecular complexity index is 446. The number of para-hydroxylation sites is 1. The van der Waals surface area contributed by atoms with Gasteiger partial charge < -0.3 is 10.6 Å². The van der Waals surface area contributed by atoms with Crippen molar-refractivity contribution in [2.75, 3.05) is 24.5 Å². The smallest absolute Gasteiger partial charge is 0.0434 e. The lowest BCUT2D eigenvalue weighted by atomic mass is 9.96. The minimum Gasteiger partial charge on any atom is -0.367 e. The molecule has 0 fully saturated rings. The predicted octanol–water partition coefficient (Wildman–Crippen LogP) is 3.21. The summed E-state index contributed by atoms with van der Waals surface area (Å²) in [6.07, 6.45) is 3.39. The SMILES string of the molecule is Cc1cccc(C(C)C)c1N1CC=C(CN)CC1. The molecule has 1 aromatic carbocycles. The molecule has 2 nitrogen and oxygen atoms in total. The van der Waals surface area contributed by atoms with Crippen molar-refractivity contribution in [1.29, 1.82) is 0 Å². The fraction of sp³-hybridized carbons (Fsp3) is 0.500. The van der Waals surface area contributed by atoms with E-state index in [1.165, 1.54) is 22.4 Å². The first-order chi connectivity index (χ1) is 8.63. The number of nitrogens with two attached hydrogens (primary N) is 1. The molecule has 1 aliphatic rings. The van der Waals surface area contributed by atoms with Crippen LogP contribution in [0.3, 0.4) is 0 Å². The van der Waals surface area contributed by atoms with Gasteiger partial charge in [-0.3, -0.25) is 0 Å². The summed E-state index contributed by atoms with van der Waals surface area (Å²) in [7, 11) is 0. The van der Waals surface area contributed by atoms with Crippen molar-refractivity contribution in [2.24, 2.45) is 5.73 Å². The highest BCUT2D eigenvalue weighted by atomic mass is 15.1. The first kappa shape index (κ1) is 13.2. The molecule has 2 heteroatoms. The normalized spacial score (nSPS) is 16.1. The van der Waals surface area contributed by atoms with Crippen LogP contribution in [0.25, 0.3) is 0 Å². The van der Waals surface area contributed by atoms with Crippen molar-refractivity contribution in [3.05, 3.63) is 41.0 Å². The zero-order chi connectivity index (χ0) is 13.1. The third kappa shape index (κ3) is 2.59. The maximum absolute atomic E-state index is 5.71. The van der Waals surface area contributed by atoms with Gasteiger partial charge in [0, 0.05) is 25.3 Å². The summed E-state index contributed by atoms with van der Waals surface area (Å²) in [4.78, 5) is 2.49. The highest BCUT2D eigenvalue weighted by molar-refractivity contribution is 5.61. The number of rotatable bonds is 3. The summed E-state index contributed by atoms with van der Waals surface area (Å²) < 4.78 is 0. The summed E-state index contributed by atoms with van der Waals surface area (Å²) in [5, 5.41) is 0. The van der Waals surface area contributed by atoms with Gasteiger partial charge in [0.2, 0.25) is 0 Å². The van der Waals surface area contributed by atoms with Crippen molar-refractivity contribution in [2.45, 2.75) is 33.1 Å². The van der Waals surface area contributed by atoms with Crippen LogP contribution in [0, 0.1) is 6.92 Å². The minimum absolute atomic E-state index is 0.569. The second kappa shape index (κ2) is 5.57. The lowest BCUT2D eigenvalue weighted by molar-refractivity contribution is 0.755. The topological polar surface area (TPSA) is 29.3 Å². The van der Waals surface area contributed by atoms with Crippen LogP contribution in [-0.4, -0.2) is 19.6 Å². The summed E-state index contributed by atoms with van der Waals surface area (Å²) in [6.45, 7) is 9.54. The van der Waals surface area contributed by atoms with E-state index in [1.54, 1.807) is 0 Å². The van der Waals surface area contributed by atoms with Gasteiger partial charge in [0.25, 0.3) is 0 Å². The summed E-state index contributed by atoms with van der Waals surface area (Å²) >= 11 is 0. The molecule has 0 saturated carbocycles. The number of anilines is 1. The van der Waals surface area contributed by atoms with Crippen LogP contribution in [0.5, 0.6) is 0 Å². The predicted molar refractivity (Wildman–Crippen MR) is 79.2 cm³/mol. The van der Waals surface area contributed by atoms with Gasteiger partial charge in [-0.15, -0.1) is 0 Å². The van der Waals surface area contributed by atoms with E-state index in [4.69, 9.17) is 5.73 Å². The van der Waals surface area contributed by atoms with Gasteiger partial charge in [-0.2, -0.15) is 0 Å². The average Bonchev–Trinajstić information content (AvgIpc) is 2.38. The standard InChI is InChI=1S/C16H24N2/c1-12(2)15-6-4-5-13(3)16(15)18-9-7-14(11-17)8-10-18/h4-7,12H,8-11,17H2,1-3H3. The Labute approximate surface area is 110 Å². The molecule has 98 valence electrons. The maximum atomic E-state index is 5.71. The molecule has 1 aliphatic heterocycles. The molecular weight excluding hydrogens is 220 g/mol. The van der Waals surface area contributed by atoms with Gasteiger partial charge in [0.05, 0.1) is 0 Å². The summed E-state index contributed by atoms with van der Waals surface area (Å²) in [5.41, 5.74) is 11.4. The Hall–Kier alpha value is -1.28. The van der Waals surface area contributed by atoms with Gasteiger partial charge in [-0.25, -0.2) is 0 Å². The highest BCUT2D eigenvalue weighted by Crippen LogP contribution is 2.32. The van der Waals surface area contributed by atoms with E-state index >= 15 is 0 Å². The molecular formula is C16H24N2. The third-order valence-corrected chi connectivity index (χ3v) is 3.77. The number of hydrogen-bond donors (Lipinski definition) is 1. The fourth-order valence-corrected chi connectivity index (χ4v) is 2.68. The van der Waals surface area contributed by atoms with Gasteiger partial charge in [-0.1, -0.05) is 43.7 Å². The minimum atomic E-state index is 0.569. The second-order valence-electron chi connectivity index (χ2n) is 5.43. The molecule has 0 atom stereocenters. The number of benzene rings is 1. The second-order valence-corrected chi connectivity index (χ2v) is 5.43. The van der Waals surface area contributed by atoms with Gasteiger partial charge >= 0.3 is 0 Å². The molecule has 0 amide bonds. The molecule has 1 aromatic rings. The van der Waals surface area contributed by atoms with Crippen LogP contribution >= 0.6 is 0 Å². The Balaban J connectivity index is 2.31. The van der Waals surface area contributed by atoms with E-state index in [1.807, 2.05) is 0 Å². The molecule has 0 saturated heterocycles. The number of hydrogen-bond acceptors (Lipinski definition) is 2. The lowest BCUT2D eigenvalue weighted by Crippen LogP contribution is -2.31. The van der Waals surface area contributed by atoms with E-state index in [2.05, 4.69) is 49.9 Å². The first-order valence-corrected chi connectivity index (χ1v) is 6.86. The zero-order valence-electron chi connectivity index (χ0n) is 11.7. The van der Waals surface area contributed by atoms with Crippen molar-refractivity contribution >= 4 is 5.69 Å². The van der Waals surface area contributed by atoms with Crippen LogP contribution in [-0.2, 0) is 0 Å². The van der Waals surface area contributed by atoms with Gasteiger partial charge in [0.1, 0.15) is 0 Å². The van der Waals surface area contributed by atoms with E-state index in [0.717, 1.165) is 19.5 Å². The summed E-state index contributed by atoms with van der Waals surface area (Å²) in [5.74, 6) is 0.569. The van der Waals surface area contributed by atoms with Crippen LogP contribution < -0.4 is 10.6 Å². The van der Waals surface area contributed by atoms with Crippen molar-refractivity contribution < 1.29 is 0 Å². The third-order valence-electron chi connectivity index (χ3n) is 3.77. The van der Waals surface area contributed by atoms with Gasteiger partial charge in [0.15, 0.2) is 0 Å². The Kier molecular flexibility index (Phi) is 4.07. The number of nitrogens with zero attached hydrogens (tertiary/aromatic N) is 1. The molecule has 0 bridgehead atoms. The molecule has 2 N–H and O–H groups in total. The largest absolute Gasteiger partial charge is 0.367 e. The van der Waals surface area contributed by atoms with E-state index in [0.29, 0.717) is 12.5 Å². The van der Waals surface area contributed by atoms with E-state index in [9.17, 15) is 0 Å². The Morgan fingerprint density at radius 2 is 2.11 bits per heavy atom. The average molecular weight is 244 g/mol. The van der Waals surface area contributed by atoms with Crippen LogP contribution in [0.4, 0.5) is 5.69 Å². The zero-order valence-corrected chi connectivity index (χ0v) is 11.7. The maximum Gasteiger partial charge on any atom is 0.0434 e. The fourth-order valence-electron chi connectivity index (χ4n) is 2.68. The van der Waals surface area contributed by atoms with Crippen molar-refractivity contribution in [3.63, 3.8) is 0 Å². The first-order valence-electron chi connectivity index (χ1n) is 6.86. The summed E-state index contributed by atoms with van der Waals surface area (Å²) in [6, 6.07) is 6.64. The lowest BCUT2D eigenvalue weighted by Gasteiger charge is -2.32. The number of aryl methyl sites for hydroxylation is 1. The molecule has 0 aliphatic carbocycles. The van der Waals surface area contributed by atoms with E-state index in [-0.39, 0.29) is 0 Å². The Morgan fingerprint density at radius 3 is 2.67 bits per heavy atom. The monoisotopic (exact) mass is 244 g/mol. The quantitative estimate of drug-likeness (QED) is 0.827. The molecule has 18 heavy (non-hydrogen) atoms. The van der Waals surface area contributed by atoms with Gasteiger partial charge in [-0.05, 0) is 30.4 Å². The molecule has 0 aromatic heterocycles. The van der Waals surface area contributed by atoms with E-state index < -0.39 is 0 Å². The van der Waals surface area contributed by atoms with Crippen LogP contribution in [0.15, 0.2) is 29.8 Å². The molecule has 2 rings (SSSR count). The molecule has 1 heterocycles.